The first-order valence-corrected chi connectivity index (χ1v) is 5.44. The zero-order valence-electron chi connectivity index (χ0n) is 10.1. The molecule has 0 radical (unpaired) electrons. The van der Waals surface area contributed by atoms with Crippen LogP contribution in [0, 0.1) is 0 Å². The average Bonchev–Trinajstić information content (AvgIpc) is 2.16. The summed E-state index contributed by atoms with van der Waals surface area (Å²) in [6.07, 6.45) is -0.0956. The quantitative estimate of drug-likeness (QED) is 0.651. The van der Waals surface area contributed by atoms with E-state index in [0.717, 1.165) is 0 Å². The summed E-state index contributed by atoms with van der Waals surface area (Å²) < 4.78 is 16.2. The molecule has 0 fully saturated rings. The molecule has 4 nitrogen and oxygen atoms in total. The van der Waals surface area contributed by atoms with Crippen molar-refractivity contribution < 1.29 is 21.8 Å². The molecule has 0 saturated carbocycles. The van der Waals surface area contributed by atoms with E-state index in [4.69, 9.17) is 9.63 Å². The van der Waals surface area contributed by atoms with E-state index < -0.39 is 14.0 Å². The molecule has 0 aliphatic heterocycles. The van der Waals surface area contributed by atoms with Gasteiger partial charge >= 0.3 is 62.9 Å². The molecule has 78 valence electrons. The molecule has 1 aromatic rings. The molecule has 0 spiro atoms. The van der Waals surface area contributed by atoms with Crippen LogP contribution in [0.2, 0.25) is 0 Å². The summed E-state index contributed by atoms with van der Waals surface area (Å²) in [7, 11) is -1.92. The molecule has 0 aromatic heterocycles. The van der Waals surface area contributed by atoms with Crippen LogP contribution < -0.4 is 4.52 Å². The number of hydrogen-bond donors (Lipinski definition) is 1. The van der Waals surface area contributed by atoms with Crippen molar-refractivity contribution in [2.75, 3.05) is 6.16 Å². The summed E-state index contributed by atoms with van der Waals surface area (Å²) in [6.45, 7) is 0. The third-order valence-electron chi connectivity index (χ3n) is 1.46. The Morgan fingerprint density at radius 1 is 1.40 bits per heavy atom. The zero-order chi connectivity index (χ0) is 10.4. The molecule has 1 rings (SSSR count). The second-order valence-corrected chi connectivity index (χ2v) is 3.90. The van der Waals surface area contributed by atoms with E-state index in [0.29, 0.717) is 5.75 Å². The first kappa shape index (κ1) is 15.2. The summed E-state index contributed by atoms with van der Waals surface area (Å²) in [5, 5.41) is 8.34. The van der Waals surface area contributed by atoms with Crippen molar-refractivity contribution in [2.45, 2.75) is 6.42 Å². The van der Waals surface area contributed by atoms with Gasteiger partial charge in [-0.05, 0) is 16.7 Å². The summed E-state index contributed by atoms with van der Waals surface area (Å²) >= 11 is 0. The van der Waals surface area contributed by atoms with E-state index >= 15 is 0 Å². The Balaban J connectivity index is -0.000000653. The van der Waals surface area contributed by atoms with Crippen LogP contribution in [0.4, 0.5) is 0 Å². The number of carboxylic acids is 1. The Labute approximate surface area is 132 Å². The second-order valence-electron chi connectivity index (χ2n) is 2.60. The van der Waals surface area contributed by atoms with Crippen LogP contribution >= 0.6 is 8.03 Å². The number of benzene rings is 1. The minimum atomic E-state index is -1.92. The number of para-hydroxylation sites is 1. The molecule has 1 atom stereocenters. The molecule has 0 bridgehead atoms. The molecule has 0 heterocycles. The molecular weight excluding hydrogens is 340 g/mol. The molecule has 1 N–H and O–H groups in total. The van der Waals surface area contributed by atoms with Crippen LogP contribution in [0.1, 0.15) is 9.27 Å². The van der Waals surface area contributed by atoms with Gasteiger partial charge in [-0.1, -0.05) is 18.2 Å². The average molecular weight is 352 g/mol. The van der Waals surface area contributed by atoms with Crippen LogP contribution in [-0.2, 0) is 9.36 Å². The van der Waals surface area contributed by atoms with E-state index in [-0.39, 0.29) is 64.3 Å². The minimum Gasteiger partial charge on any atom is -1.00 e. The first-order chi connectivity index (χ1) is 6.68. The molecule has 0 aliphatic rings. The number of aliphatic carboxylic acids is 1. The van der Waals surface area contributed by atoms with E-state index in [1.54, 1.807) is 24.3 Å². The van der Waals surface area contributed by atoms with E-state index in [1.165, 1.54) is 0 Å². The topological polar surface area (TPSA) is 63.6 Å². The van der Waals surface area contributed by atoms with Gasteiger partial charge in [0.1, 0.15) is 0 Å². The SMILES string of the molecule is O=C(O)CC[P+](=O)Oc1ccccc1.[Ba+2].[H-].[H-]. The van der Waals surface area contributed by atoms with Crippen LogP contribution in [0.25, 0.3) is 0 Å². The van der Waals surface area contributed by atoms with Crippen molar-refractivity contribution in [3.05, 3.63) is 30.3 Å². The summed E-state index contributed by atoms with van der Waals surface area (Å²) in [4.78, 5) is 10.2. The monoisotopic (exact) mass is 353 g/mol. The van der Waals surface area contributed by atoms with Crippen molar-refractivity contribution in [3.63, 3.8) is 0 Å². The van der Waals surface area contributed by atoms with Crippen molar-refractivity contribution >= 4 is 62.9 Å². The van der Waals surface area contributed by atoms with Gasteiger partial charge in [-0.15, -0.1) is 0 Å². The predicted octanol–water partition coefficient (Wildman–Crippen LogP) is 2.13. The van der Waals surface area contributed by atoms with Crippen molar-refractivity contribution in [3.8, 4) is 5.75 Å². The molecule has 1 aromatic carbocycles. The predicted molar refractivity (Wildman–Crippen MR) is 59.8 cm³/mol. The Kier molecular flexibility index (Phi) is 8.42. The fraction of sp³-hybridized carbons (Fsp3) is 0.222. The Hall–Kier alpha value is 0.161. The number of hydrogen-bond acceptors (Lipinski definition) is 3. The third-order valence-corrected chi connectivity index (χ3v) is 2.46. The minimum absolute atomic E-state index is 0. The van der Waals surface area contributed by atoms with Gasteiger partial charge in [-0.3, -0.25) is 9.32 Å². The number of carbonyl (C=O) groups is 1. The maximum Gasteiger partial charge on any atom is 2.00 e. The van der Waals surface area contributed by atoms with E-state index in [2.05, 4.69) is 0 Å². The smallest absolute Gasteiger partial charge is 1.00 e. The largest absolute Gasteiger partial charge is 2.00 e. The molecule has 0 aliphatic carbocycles. The van der Waals surface area contributed by atoms with Crippen molar-refractivity contribution in [1.82, 2.24) is 0 Å². The number of rotatable bonds is 5. The van der Waals surface area contributed by atoms with Crippen LogP contribution in [0.3, 0.4) is 0 Å². The normalized spacial score (nSPS) is 10.0. The van der Waals surface area contributed by atoms with E-state index in [9.17, 15) is 9.36 Å². The molecule has 0 amide bonds. The molecular formula is C9H12BaO4P+. The number of carboxylic acid groups (broad SMARTS) is 1. The second kappa shape index (κ2) is 8.33. The fourth-order valence-electron chi connectivity index (χ4n) is 0.831. The molecule has 1 unspecified atom stereocenters. The maximum absolute atomic E-state index is 11.2. The van der Waals surface area contributed by atoms with Crippen molar-refractivity contribution in [2.24, 2.45) is 0 Å². The molecule has 15 heavy (non-hydrogen) atoms. The van der Waals surface area contributed by atoms with Gasteiger partial charge < -0.3 is 7.96 Å². The summed E-state index contributed by atoms with van der Waals surface area (Å²) in [5.74, 6) is -0.469. The Morgan fingerprint density at radius 2 is 2.00 bits per heavy atom. The van der Waals surface area contributed by atoms with Gasteiger partial charge in [-0.25, -0.2) is 0 Å². The van der Waals surface area contributed by atoms with Gasteiger partial charge in [0.05, 0.1) is 6.42 Å². The zero-order valence-corrected chi connectivity index (χ0v) is 13.5. The summed E-state index contributed by atoms with van der Waals surface area (Å²) in [6, 6.07) is 8.69. The van der Waals surface area contributed by atoms with Gasteiger partial charge in [0.2, 0.25) is 0 Å². The fourth-order valence-corrected chi connectivity index (χ4v) is 1.65. The van der Waals surface area contributed by atoms with Crippen molar-refractivity contribution in [1.29, 1.82) is 0 Å². The third kappa shape index (κ3) is 7.11. The maximum atomic E-state index is 11.2. The standard InChI is InChI=1S/C9H9O4P.Ba.2H/c10-9(11)6-7-14(12)13-8-4-2-1-3-5-8;;;/h1-5H,6-7H2;;;/q;+2;2*-1/p+1. The van der Waals surface area contributed by atoms with Crippen LogP contribution in [0.5, 0.6) is 5.75 Å². The van der Waals surface area contributed by atoms with Gasteiger partial charge in [0.15, 0.2) is 11.9 Å². The van der Waals surface area contributed by atoms with Gasteiger partial charge in [0, 0.05) is 0 Å². The molecule has 6 heteroatoms. The van der Waals surface area contributed by atoms with Crippen LogP contribution in [-0.4, -0.2) is 66.1 Å². The van der Waals surface area contributed by atoms with Gasteiger partial charge in [0.25, 0.3) is 0 Å². The summed E-state index contributed by atoms with van der Waals surface area (Å²) in [5.41, 5.74) is 0. The first-order valence-electron chi connectivity index (χ1n) is 4.08. The Morgan fingerprint density at radius 3 is 2.53 bits per heavy atom. The Bertz CT molecular complexity index is 337. The van der Waals surface area contributed by atoms with Crippen LogP contribution in [0.15, 0.2) is 30.3 Å². The van der Waals surface area contributed by atoms with E-state index in [1.807, 2.05) is 6.07 Å². The van der Waals surface area contributed by atoms with Gasteiger partial charge in [-0.2, -0.15) is 0 Å². The molecule has 0 saturated heterocycles.